The van der Waals surface area contributed by atoms with E-state index in [1.807, 2.05) is 32.9 Å². The minimum Gasteiger partial charge on any atom is -0.478 e. The molecular weight excluding hydrogens is 360 g/mol. The lowest BCUT2D eigenvalue weighted by atomic mass is 10.1. The van der Waals surface area contributed by atoms with Gasteiger partial charge in [-0.3, -0.25) is 0 Å². The molecule has 0 spiro atoms. The number of aliphatic hydroxyl groups is 1. The molecule has 3 rings (SSSR count). The smallest absolute Gasteiger partial charge is 0.338 e. The Morgan fingerprint density at radius 1 is 1.00 bits per heavy atom. The normalized spacial score (nSPS) is 20.8. The molecule has 0 aliphatic carbocycles. The summed E-state index contributed by atoms with van der Waals surface area (Å²) in [5, 5.41) is 17.9. The molecule has 6 nitrogen and oxygen atoms in total. The monoisotopic (exact) mass is 386 g/mol. The van der Waals surface area contributed by atoms with Gasteiger partial charge < -0.3 is 19.7 Å². The molecule has 0 amide bonds. The molecule has 2 N–H and O–H groups in total. The van der Waals surface area contributed by atoms with Crippen LogP contribution >= 0.6 is 0 Å². The molecule has 0 bridgehead atoms. The molecule has 1 aliphatic heterocycles. The van der Waals surface area contributed by atoms with E-state index in [0.29, 0.717) is 17.5 Å². The number of ether oxygens (including phenoxy) is 2. The zero-order chi connectivity index (χ0) is 20.7. The summed E-state index contributed by atoms with van der Waals surface area (Å²) in [5.41, 5.74) is 3.05. The predicted octanol–water partition coefficient (Wildman–Crippen LogP) is 3.59. The molecule has 2 aromatic carbocycles. The van der Waals surface area contributed by atoms with Crippen molar-refractivity contribution in [3.8, 4) is 0 Å². The number of esters is 1. The van der Waals surface area contributed by atoms with Crippen LogP contribution in [-0.4, -0.2) is 41.2 Å². The standard InChI is InChI=1S/C14H18O4.C8H8O2/c1-9-3-5-11(6-4-9)14(16)17-8-12-7-10(2)13(15)18-12;1-6-2-4-7(5-3-6)8(9)10/h3-6,10,12-13,15H,7-8H2,1-2H3;2-5H,1H3,(H,9,10)/t10-,12?,13?;/m0./s1. The second kappa shape index (κ2) is 10.0. The van der Waals surface area contributed by atoms with Crippen LogP contribution in [0.5, 0.6) is 0 Å². The Hall–Kier alpha value is -2.70. The Morgan fingerprint density at radius 2 is 1.50 bits per heavy atom. The quantitative estimate of drug-likeness (QED) is 0.780. The van der Waals surface area contributed by atoms with Gasteiger partial charge in [0.15, 0.2) is 6.29 Å². The first kappa shape index (κ1) is 21.6. The molecule has 6 heteroatoms. The van der Waals surface area contributed by atoms with E-state index in [4.69, 9.17) is 14.6 Å². The van der Waals surface area contributed by atoms with Crippen molar-refractivity contribution in [1.29, 1.82) is 0 Å². The van der Waals surface area contributed by atoms with Gasteiger partial charge >= 0.3 is 11.9 Å². The van der Waals surface area contributed by atoms with E-state index in [0.717, 1.165) is 11.1 Å². The molecule has 150 valence electrons. The Kier molecular flexibility index (Phi) is 7.72. The number of hydrogen-bond donors (Lipinski definition) is 2. The molecule has 2 aromatic rings. The first-order valence-corrected chi connectivity index (χ1v) is 9.13. The third-order valence-corrected chi connectivity index (χ3v) is 4.44. The fourth-order valence-corrected chi connectivity index (χ4v) is 2.66. The number of carbonyl (C=O) groups is 2. The van der Waals surface area contributed by atoms with Crippen LogP contribution in [0, 0.1) is 19.8 Å². The third-order valence-electron chi connectivity index (χ3n) is 4.44. The van der Waals surface area contributed by atoms with Crippen LogP contribution in [0.3, 0.4) is 0 Å². The Bertz CT molecular complexity index is 772. The maximum Gasteiger partial charge on any atom is 0.338 e. The summed E-state index contributed by atoms with van der Waals surface area (Å²) in [6.07, 6.45) is -0.236. The van der Waals surface area contributed by atoms with E-state index in [1.165, 1.54) is 0 Å². The average molecular weight is 386 g/mol. The number of aryl methyl sites for hydroxylation is 2. The molecule has 28 heavy (non-hydrogen) atoms. The van der Waals surface area contributed by atoms with Crippen molar-refractivity contribution in [2.24, 2.45) is 5.92 Å². The van der Waals surface area contributed by atoms with Crippen LogP contribution in [0.4, 0.5) is 0 Å². The number of carboxylic acid groups (broad SMARTS) is 1. The lowest BCUT2D eigenvalue weighted by Crippen LogP contribution is -2.19. The number of benzene rings is 2. The molecule has 1 fully saturated rings. The lowest BCUT2D eigenvalue weighted by molar-refractivity contribution is -0.115. The highest BCUT2D eigenvalue weighted by atomic mass is 16.6. The van der Waals surface area contributed by atoms with Crippen LogP contribution in [0.1, 0.15) is 45.2 Å². The first-order chi connectivity index (χ1) is 13.3. The van der Waals surface area contributed by atoms with Crippen molar-refractivity contribution in [1.82, 2.24) is 0 Å². The number of carboxylic acids is 1. The number of rotatable bonds is 4. The number of aliphatic hydroxyl groups excluding tert-OH is 1. The van der Waals surface area contributed by atoms with Gasteiger partial charge in [0.05, 0.1) is 17.2 Å². The summed E-state index contributed by atoms with van der Waals surface area (Å²) in [5.74, 6) is -1.14. The molecule has 0 saturated carbocycles. The van der Waals surface area contributed by atoms with E-state index in [-0.39, 0.29) is 24.6 Å². The van der Waals surface area contributed by atoms with Gasteiger partial charge in [0, 0.05) is 5.92 Å². The van der Waals surface area contributed by atoms with Gasteiger partial charge in [0.25, 0.3) is 0 Å². The SMILES string of the molecule is Cc1ccc(C(=O)O)cc1.Cc1ccc(C(=O)OCC2C[C@H](C)C(O)O2)cc1. The zero-order valence-corrected chi connectivity index (χ0v) is 16.3. The molecule has 3 atom stereocenters. The minimum atomic E-state index is -0.875. The summed E-state index contributed by atoms with van der Waals surface area (Å²) in [4.78, 5) is 22.0. The van der Waals surface area contributed by atoms with Crippen molar-refractivity contribution in [3.05, 3.63) is 70.8 Å². The highest BCUT2D eigenvalue weighted by Gasteiger charge is 2.31. The van der Waals surface area contributed by atoms with E-state index < -0.39 is 12.3 Å². The van der Waals surface area contributed by atoms with Gasteiger partial charge in [-0.15, -0.1) is 0 Å². The maximum absolute atomic E-state index is 11.7. The van der Waals surface area contributed by atoms with Gasteiger partial charge in [-0.25, -0.2) is 9.59 Å². The van der Waals surface area contributed by atoms with Crippen LogP contribution < -0.4 is 0 Å². The predicted molar refractivity (Wildman–Crippen MR) is 104 cm³/mol. The summed E-state index contributed by atoms with van der Waals surface area (Å²) in [6.45, 7) is 5.98. The van der Waals surface area contributed by atoms with Crippen molar-refractivity contribution in [2.75, 3.05) is 6.61 Å². The summed E-state index contributed by atoms with van der Waals surface area (Å²) in [7, 11) is 0. The second-order valence-electron chi connectivity index (χ2n) is 7.00. The Labute approximate surface area is 164 Å². The van der Waals surface area contributed by atoms with E-state index in [9.17, 15) is 14.7 Å². The van der Waals surface area contributed by atoms with E-state index in [1.54, 1.807) is 36.4 Å². The van der Waals surface area contributed by atoms with Crippen molar-refractivity contribution < 1.29 is 29.3 Å². The molecular formula is C22H26O6. The van der Waals surface area contributed by atoms with Crippen LogP contribution in [0.25, 0.3) is 0 Å². The second-order valence-corrected chi connectivity index (χ2v) is 7.00. The Balaban J connectivity index is 0.000000237. The topological polar surface area (TPSA) is 93.1 Å². The Morgan fingerprint density at radius 3 is 1.93 bits per heavy atom. The van der Waals surface area contributed by atoms with Gasteiger partial charge in [-0.2, -0.15) is 0 Å². The van der Waals surface area contributed by atoms with Gasteiger partial charge in [0.1, 0.15) is 6.61 Å². The molecule has 0 aromatic heterocycles. The third kappa shape index (κ3) is 6.48. The largest absolute Gasteiger partial charge is 0.478 e. The molecule has 1 heterocycles. The zero-order valence-electron chi connectivity index (χ0n) is 16.3. The van der Waals surface area contributed by atoms with Gasteiger partial charge in [-0.05, 0) is 44.5 Å². The lowest BCUT2D eigenvalue weighted by Gasteiger charge is -2.11. The van der Waals surface area contributed by atoms with E-state index >= 15 is 0 Å². The van der Waals surface area contributed by atoms with Crippen LogP contribution in [-0.2, 0) is 9.47 Å². The van der Waals surface area contributed by atoms with Gasteiger partial charge in [-0.1, -0.05) is 42.3 Å². The number of carbonyl (C=O) groups excluding carboxylic acids is 1. The number of hydrogen-bond acceptors (Lipinski definition) is 5. The van der Waals surface area contributed by atoms with Crippen molar-refractivity contribution in [3.63, 3.8) is 0 Å². The molecule has 1 saturated heterocycles. The summed E-state index contributed by atoms with van der Waals surface area (Å²) < 4.78 is 10.4. The molecule has 1 aliphatic rings. The van der Waals surface area contributed by atoms with Crippen molar-refractivity contribution in [2.45, 2.75) is 39.6 Å². The highest BCUT2D eigenvalue weighted by molar-refractivity contribution is 5.89. The van der Waals surface area contributed by atoms with E-state index in [2.05, 4.69) is 0 Å². The fourth-order valence-electron chi connectivity index (χ4n) is 2.66. The summed E-state index contributed by atoms with van der Waals surface area (Å²) >= 11 is 0. The maximum atomic E-state index is 11.7. The minimum absolute atomic E-state index is 0.0908. The summed E-state index contributed by atoms with van der Waals surface area (Å²) in [6, 6.07) is 14.0. The molecule has 2 unspecified atom stereocenters. The average Bonchev–Trinajstić information content (AvgIpc) is 2.99. The van der Waals surface area contributed by atoms with Crippen molar-refractivity contribution >= 4 is 11.9 Å². The molecule has 0 radical (unpaired) electrons. The highest BCUT2D eigenvalue weighted by Crippen LogP contribution is 2.24. The number of aromatic carboxylic acids is 1. The van der Waals surface area contributed by atoms with Crippen LogP contribution in [0.2, 0.25) is 0 Å². The van der Waals surface area contributed by atoms with Crippen LogP contribution in [0.15, 0.2) is 48.5 Å². The fraction of sp³-hybridized carbons (Fsp3) is 0.364. The first-order valence-electron chi connectivity index (χ1n) is 9.13. The van der Waals surface area contributed by atoms with Gasteiger partial charge in [0.2, 0.25) is 0 Å².